The highest BCUT2D eigenvalue weighted by Gasteiger charge is 2.24. The number of nitrogens with zero attached hydrogens (tertiary/aromatic N) is 1. The minimum absolute atomic E-state index is 0.142. The number of hydrogen-bond acceptors (Lipinski definition) is 2. The Hall–Kier alpha value is -2.82. The molecule has 0 fully saturated rings. The van der Waals surface area contributed by atoms with Crippen molar-refractivity contribution in [3.63, 3.8) is 0 Å². The zero-order valence-corrected chi connectivity index (χ0v) is 12.3. The van der Waals surface area contributed by atoms with Gasteiger partial charge in [-0.3, -0.25) is 9.69 Å². The summed E-state index contributed by atoms with van der Waals surface area (Å²) in [5, 5.41) is 5.57. The summed E-state index contributed by atoms with van der Waals surface area (Å²) in [5.74, 6) is -0.142. The van der Waals surface area contributed by atoms with Crippen LogP contribution in [0.2, 0.25) is 0 Å². The number of carbonyl (C=O) groups is 2. The second-order valence-electron chi connectivity index (χ2n) is 5.22. The molecule has 112 valence electrons. The molecule has 1 aliphatic rings. The van der Waals surface area contributed by atoms with Gasteiger partial charge in [0.05, 0.1) is 0 Å². The lowest BCUT2D eigenvalue weighted by Crippen LogP contribution is -2.33. The van der Waals surface area contributed by atoms with Crippen molar-refractivity contribution in [2.45, 2.75) is 13.3 Å². The van der Waals surface area contributed by atoms with E-state index < -0.39 is 0 Å². The summed E-state index contributed by atoms with van der Waals surface area (Å²) in [6.07, 6.45) is 0.871. The molecule has 1 heterocycles. The predicted octanol–water partition coefficient (Wildman–Crippen LogP) is 3.24. The first-order valence-electron chi connectivity index (χ1n) is 7.17. The molecule has 5 heteroatoms. The lowest BCUT2D eigenvalue weighted by molar-refractivity contribution is -0.114. The first-order chi connectivity index (χ1) is 10.6. The Morgan fingerprint density at radius 3 is 2.50 bits per heavy atom. The van der Waals surface area contributed by atoms with E-state index in [4.69, 9.17) is 0 Å². The molecule has 0 atom stereocenters. The van der Waals surface area contributed by atoms with Gasteiger partial charge in [-0.1, -0.05) is 24.3 Å². The Balaban J connectivity index is 1.74. The second kappa shape index (κ2) is 5.89. The van der Waals surface area contributed by atoms with E-state index in [1.54, 1.807) is 29.2 Å². The Morgan fingerprint density at radius 2 is 1.73 bits per heavy atom. The van der Waals surface area contributed by atoms with Gasteiger partial charge in [0, 0.05) is 30.5 Å². The monoisotopic (exact) mass is 295 g/mol. The van der Waals surface area contributed by atoms with E-state index in [9.17, 15) is 9.59 Å². The highest BCUT2D eigenvalue weighted by Crippen LogP contribution is 2.28. The first-order valence-corrected chi connectivity index (χ1v) is 7.17. The molecule has 2 aromatic carbocycles. The van der Waals surface area contributed by atoms with E-state index in [-0.39, 0.29) is 11.9 Å². The molecule has 0 radical (unpaired) electrons. The lowest BCUT2D eigenvalue weighted by atomic mass is 10.2. The van der Waals surface area contributed by atoms with Crippen molar-refractivity contribution in [3.8, 4) is 0 Å². The Labute approximate surface area is 128 Å². The summed E-state index contributed by atoms with van der Waals surface area (Å²) in [4.78, 5) is 25.3. The van der Waals surface area contributed by atoms with Crippen LogP contribution in [0.4, 0.5) is 21.9 Å². The number of para-hydroxylation sites is 1. The number of carbonyl (C=O) groups excluding carboxylic acids is 2. The zero-order valence-electron chi connectivity index (χ0n) is 12.3. The summed E-state index contributed by atoms with van der Waals surface area (Å²) < 4.78 is 0. The maximum absolute atomic E-state index is 12.4. The van der Waals surface area contributed by atoms with Gasteiger partial charge in [0.15, 0.2) is 0 Å². The van der Waals surface area contributed by atoms with Gasteiger partial charge in [-0.15, -0.1) is 0 Å². The molecule has 0 spiro atoms. The van der Waals surface area contributed by atoms with Crippen molar-refractivity contribution in [1.29, 1.82) is 0 Å². The number of rotatable bonds is 2. The lowest BCUT2D eigenvalue weighted by Gasteiger charge is -2.18. The van der Waals surface area contributed by atoms with Crippen molar-refractivity contribution < 1.29 is 9.59 Å². The average Bonchev–Trinajstić information content (AvgIpc) is 2.91. The van der Waals surface area contributed by atoms with Gasteiger partial charge in [0.1, 0.15) is 0 Å². The van der Waals surface area contributed by atoms with E-state index in [1.165, 1.54) is 12.5 Å². The smallest absolute Gasteiger partial charge is 0.326 e. The van der Waals surface area contributed by atoms with Gasteiger partial charge >= 0.3 is 6.03 Å². The largest absolute Gasteiger partial charge is 0.326 e. The molecule has 0 saturated heterocycles. The zero-order chi connectivity index (χ0) is 15.5. The summed E-state index contributed by atoms with van der Waals surface area (Å²) in [6, 6.07) is 14.9. The number of anilines is 3. The van der Waals surface area contributed by atoms with Crippen LogP contribution in [-0.2, 0) is 11.2 Å². The molecule has 0 unspecified atom stereocenters. The van der Waals surface area contributed by atoms with Crippen LogP contribution in [-0.4, -0.2) is 18.5 Å². The Bertz CT molecular complexity index is 727. The summed E-state index contributed by atoms with van der Waals surface area (Å²) >= 11 is 0. The molecule has 1 aliphatic heterocycles. The van der Waals surface area contributed by atoms with Crippen molar-refractivity contribution in [3.05, 3.63) is 54.1 Å². The van der Waals surface area contributed by atoms with Crippen LogP contribution < -0.4 is 15.5 Å². The third-order valence-corrected chi connectivity index (χ3v) is 3.57. The standard InChI is InChI=1S/C17H17N3O2/c1-12(21)18-14-6-4-7-15(11-14)19-17(22)20-10-9-13-5-2-3-8-16(13)20/h2-8,11H,9-10H2,1H3,(H,18,21)(H,19,22). The Kier molecular flexibility index (Phi) is 3.78. The molecule has 3 amide bonds. The molecule has 0 bridgehead atoms. The van der Waals surface area contributed by atoms with Crippen LogP contribution in [0.25, 0.3) is 0 Å². The highest BCUT2D eigenvalue weighted by atomic mass is 16.2. The van der Waals surface area contributed by atoms with E-state index in [0.29, 0.717) is 17.9 Å². The summed E-state index contributed by atoms with van der Waals surface area (Å²) in [7, 11) is 0. The molecule has 2 aromatic rings. The van der Waals surface area contributed by atoms with Crippen LogP contribution in [0, 0.1) is 0 Å². The van der Waals surface area contributed by atoms with Gasteiger partial charge < -0.3 is 10.6 Å². The van der Waals surface area contributed by atoms with Crippen LogP contribution in [0.15, 0.2) is 48.5 Å². The molecule has 3 rings (SSSR count). The predicted molar refractivity (Wildman–Crippen MR) is 87.3 cm³/mol. The van der Waals surface area contributed by atoms with Crippen molar-refractivity contribution >= 4 is 29.0 Å². The van der Waals surface area contributed by atoms with E-state index in [1.807, 2.05) is 24.3 Å². The molecular weight excluding hydrogens is 278 g/mol. The molecule has 2 N–H and O–H groups in total. The molecule has 22 heavy (non-hydrogen) atoms. The maximum atomic E-state index is 12.4. The number of amides is 3. The van der Waals surface area contributed by atoms with Crippen molar-refractivity contribution in [2.75, 3.05) is 22.1 Å². The third-order valence-electron chi connectivity index (χ3n) is 3.57. The minimum Gasteiger partial charge on any atom is -0.326 e. The maximum Gasteiger partial charge on any atom is 0.326 e. The van der Waals surface area contributed by atoms with Crippen LogP contribution >= 0.6 is 0 Å². The van der Waals surface area contributed by atoms with Crippen LogP contribution in [0.3, 0.4) is 0 Å². The van der Waals surface area contributed by atoms with E-state index in [0.717, 1.165) is 12.1 Å². The first kappa shape index (κ1) is 14.1. The molecular formula is C17H17N3O2. The quantitative estimate of drug-likeness (QED) is 0.893. The number of nitrogens with one attached hydrogen (secondary N) is 2. The van der Waals surface area contributed by atoms with E-state index in [2.05, 4.69) is 10.6 Å². The third kappa shape index (κ3) is 2.93. The second-order valence-corrected chi connectivity index (χ2v) is 5.22. The number of urea groups is 1. The molecule has 0 aromatic heterocycles. The topological polar surface area (TPSA) is 61.4 Å². The fourth-order valence-electron chi connectivity index (χ4n) is 2.62. The number of hydrogen-bond donors (Lipinski definition) is 2. The van der Waals surface area contributed by atoms with Crippen molar-refractivity contribution in [2.24, 2.45) is 0 Å². The van der Waals surface area contributed by atoms with Crippen LogP contribution in [0.1, 0.15) is 12.5 Å². The number of fused-ring (bicyclic) bond motifs is 1. The van der Waals surface area contributed by atoms with Gasteiger partial charge in [0.25, 0.3) is 0 Å². The fraction of sp³-hybridized carbons (Fsp3) is 0.176. The minimum atomic E-state index is -0.162. The van der Waals surface area contributed by atoms with Gasteiger partial charge in [-0.25, -0.2) is 4.79 Å². The molecule has 5 nitrogen and oxygen atoms in total. The van der Waals surface area contributed by atoms with Gasteiger partial charge in [-0.05, 0) is 36.2 Å². The summed E-state index contributed by atoms with van der Waals surface area (Å²) in [6.45, 7) is 2.13. The molecule has 0 aliphatic carbocycles. The van der Waals surface area contributed by atoms with E-state index >= 15 is 0 Å². The average molecular weight is 295 g/mol. The Morgan fingerprint density at radius 1 is 1.00 bits per heavy atom. The van der Waals surface area contributed by atoms with Gasteiger partial charge in [-0.2, -0.15) is 0 Å². The normalized spacial score (nSPS) is 12.7. The molecule has 0 saturated carbocycles. The van der Waals surface area contributed by atoms with Gasteiger partial charge in [0.2, 0.25) is 5.91 Å². The summed E-state index contributed by atoms with van der Waals surface area (Å²) in [5.41, 5.74) is 3.45. The fourth-order valence-corrected chi connectivity index (χ4v) is 2.62. The SMILES string of the molecule is CC(=O)Nc1cccc(NC(=O)N2CCc3ccccc32)c1. The number of benzene rings is 2. The highest BCUT2D eigenvalue weighted by molar-refractivity contribution is 6.03. The van der Waals surface area contributed by atoms with Crippen molar-refractivity contribution in [1.82, 2.24) is 0 Å². The van der Waals surface area contributed by atoms with Crippen LogP contribution in [0.5, 0.6) is 0 Å².